The first-order chi connectivity index (χ1) is 6.18. The maximum absolute atomic E-state index is 9.12. The Morgan fingerprint density at radius 3 is 2.23 bits per heavy atom. The van der Waals surface area contributed by atoms with Gasteiger partial charge in [-0.3, -0.25) is 0 Å². The molecule has 3 heteroatoms. The van der Waals surface area contributed by atoms with Gasteiger partial charge in [-0.2, -0.15) is 0 Å². The van der Waals surface area contributed by atoms with Crippen molar-refractivity contribution in [3.63, 3.8) is 0 Å². The van der Waals surface area contributed by atoms with E-state index in [2.05, 4.69) is 13.5 Å². The van der Waals surface area contributed by atoms with Crippen molar-refractivity contribution in [2.24, 2.45) is 0 Å². The molecule has 13 heavy (non-hydrogen) atoms. The van der Waals surface area contributed by atoms with Crippen LogP contribution in [0.15, 0.2) is 12.7 Å². The van der Waals surface area contributed by atoms with Gasteiger partial charge >= 0.3 is 5.97 Å². The van der Waals surface area contributed by atoms with Crippen molar-refractivity contribution in [2.75, 3.05) is 6.61 Å². The Morgan fingerprint density at radius 1 is 1.38 bits per heavy atom. The Labute approximate surface area is 80.1 Å². The Hall–Kier alpha value is -0.830. The number of carbonyl (C=O) groups is 1. The number of aliphatic hydroxyl groups excluding tert-OH is 1. The molecule has 0 aliphatic heterocycles. The molecule has 0 aromatic rings. The van der Waals surface area contributed by atoms with Gasteiger partial charge in [0, 0.05) is 0 Å². The minimum atomic E-state index is -1.19. The summed E-state index contributed by atoms with van der Waals surface area (Å²) in [7, 11) is 0. The minimum absolute atomic E-state index is 0.778. The second-order valence-electron chi connectivity index (χ2n) is 2.69. The monoisotopic (exact) mass is 188 g/mol. The van der Waals surface area contributed by atoms with Gasteiger partial charge in [-0.1, -0.05) is 32.3 Å². The number of aliphatic hydroxyl groups is 1. The zero-order chi connectivity index (χ0) is 10.5. The van der Waals surface area contributed by atoms with Gasteiger partial charge in [0.1, 0.15) is 6.61 Å². The van der Waals surface area contributed by atoms with E-state index in [9.17, 15) is 0 Å². The van der Waals surface area contributed by atoms with E-state index in [4.69, 9.17) is 15.0 Å². The van der Waals surface area contributed by atoms with Gasteiger partial charge < -0.3 is 10.2 Å². The van der Waals surface area contributed by atoms with Crippen LogP contribution in [0.5, 0.6) is 0 Å². The molecule has 0 aliphatic rings. The molecule has 0 radical (unpaired) electrons. The summed E-state index contributed by atoms with van der Waals surface area (Å²) in [6, 6.07) is 0. The van der Waals surface area contributed by atoms with Crippen molar-refractivity contribution in [3.05, 3.63) is 12.7 Å². The maximum atomic E-state index is 9.12. The van der Waals surface area contributed by atoms with Crippen molar-refractivity contribution >= 4 is 5.97 Å². The first-order valence-corrected chi connectivity index (χ1v) is 4.62. The topological polar surface area (TPSA) is 57.5 Å². The number of unbranched alkanes of at least 4 members (excludes halogenated alkanes) is 4. The van der Waals surface area contributed by atoms with Crippen LogP contribution >= 0.6 is 0 Å². The highest BCUT2D eigenvalue weighted by atomic mass is 16.4. The summed E-state index contributed by atoms with van der Waals surface area (Å²) in [6.45, 7) is 5.11. The van der Waals surface area contributed by atoms with Crippen LogP contribution < -0.4 is 0 Å². The van der Waals surface area contributed by atoms with Crippen LogP contribution in [-0.2, 0) is 4.79 Å². The average molecular weight is 188 g/mol. The van der Waals surface area contributed by atoms with Crippen molar-refractivity contribution in [3.8, 4) is 0 Å². The number of aliphatic carboxylic acids is 1. The summed E-state index contributed by atoms with van der Waals surface area (Å²) in [5, 5.41) is 15.0. The van der Waals surface area contributed by atoms with E-state index >= 15 is 0 Å². The standard InChI is InChI=1S/C8H16.C2H4O3/c1-3-5-7-8-6-4-2;3-1-2(4)5/h3H,1,4-8H2,2H3;3H,1H2,(H,4,5). The SMILES string of the molecule is C=CCCCCCC.O=C(O)CO. The normalized spacial score (nSPS) is 8.46. The zero-order valence-electron chi connectivity index (χ0n) is 8.33. The highest BCUT2D eigenvalue weighted by Crippen LogP contribution is 2.01. The largest absolute Gasteiger partial charge is 0.480 e. The van der Waals surface area contributed by atoms with Crippen LogP contribution in [0.3, 0.4) is 0 Å². The molecule has 78 valence electrons. The fourth-order valence-corrected chi connectivity index (χ4v) is 0.715. The molecule has 0 saturated carbocycles. The lowest BCUT2D eigenvalue weighted by Crippen LogP contribution is -1.98. The highest BCUT2D eigenvalue weighted by Gasteiger charge is 1.82. The molecule has 0 bridgehead atoms. The van der Waals surface area contributed by atoms with Crippen molar-refractivity contribution in [1.29, 1.82) is 0 Å². The van der Waals surface area contributed by atoms with Gasteiger partial charge in [-0.05, 0) is 12.8 Å². The number of carboxylic acid groups (broad SMARTS) is 1. The third-order valence-corrected chi connectivity index (χ3v) is 1.40. The van der Waals surface area contributed by atoms with Crippen LogP contribution in [0.1, 0.15) is 39.0 Å². The van der Waals surface area contributed by atoms with Crippen LogP contribution in [0, 0.1) is 0 Å². The third-order valence-electron chi connectivity index (χ3n) is 1.40. The summed E-state index contributed by atoms with van der Waals surface area (Å²) in [6.07, 6.45) is 8.61. The number of rotatable bonds is 6. The zero-order valence-corrected chi connectivity index (χ0v) is 8.33. The van der Waals surface area contributed by atoms with Gasteiger partial charge in [-0.25, -0.2) is 4.79 Å². The lowest BCUT2D eigenvalue weighted by Gasteiger charge is -1.91. The molecule has 0 spiro atoms. The first kappa shape index (κ1) is 14.7. The molecule has 0 unspecified atom stereocenters. The summed E-state index contributed by atoms with van der Waals surface area (Å²) in [5.41, 5.74) is 0. The molecule has 0 fully saturated rings. The van der Waals surface area contributed by atoms with Gasteiger partial charge in [0.2, 0.25) is 0 Å². The van der Waals surface area contributed by atoms with Crippen LogP contribution in [-0.4, -0.2) is 22.8 Å². The number of hydrogen-bond acceptors (Lipinski definition) is 2. The van der Waals surface area contributed by atoms with E-state index in [1.165, 1.54) is 32.1 Å². The molecule has 0 aromatic carbocycles. The summed E-state index contributed by atoms with van der Waals surface area (Å²) < 4.78 is 0. The second-order valence-corrected chi connectivity index (χ2v) is 2.69. The molecule has 0 amide bonds. The average Bonchev–Trinajstić information content (AvgIpc) is 2.14. The molecular formula is C10H20O3. The van der Waals surface area contributed by atoms with Gasteiger partial charge in [0.25, 0.3) is 0 Å². The quantitative estimate of drug-likeness (QED) is 0.496. The van der Waals surface area contributed by atoms with E-state index in [1.807, 2.05) is 6.08 Å². The third kappa shape index (κ3) is 24.7. The number of carboxylic acids is 1. The molecule has 0 atom stereocenters. The van der Waals surface area contributed by atoms with Gasteiger partial charge in [0.15, 0.2) is 0 Å². The van der Waals surface area contributed by atoms with E-state index in [0.717, 1.165) is 0 Å². The first-order valence-electron chi connectivity index (χ1n) is 4.62. The Balaban J connectivity index is 0. The second kappa shape index (κ2) is 13.7. The fraction of sp³-hybridized carbons (Fsp3) is 0.700. The molecule has 0 saturated heterocycles. The van der Waals surface area contributed by atoms with E-state index in [1.54, 1.807) is 0 Å². The van der Waals surface area contributed by atoms with Crippen LogP contribution in [0.4, 0.5) is 0 Å². The predicted octanol–water partition coefficient (Wildman–Crippen LogP) is 2.21. The molecule has 0 aliphatic carbocycles. The Bertz CT molecular complexity index is 121. The molecule has 3 nitrogen and oxygen atoms in total. The van der Waals surface area contributed by atoms with Gasteiger partial charge in [-0.15, -0.1) is 6.58 Å². The molecule has 0 aromatic heterocycles. The van der Waals surface area contributed by atoms with E-state index < -0.39 is 12.6 Å². The maximum Gasteiger partial charge on any atom is 0.329 e. The lowest BCUT2D eigenvalue weighted by molar-refractivity contribution is -0.140. The van der Waals surface area contributed by atoms with Crippen molar-refractivity contribution in [1.82, 2.24) is 0 Å². The summed E-state index contributed by atoms with van der Waals surface area (Å²) in [5.74, 6) is -1.19. The van der Waals surface area contributed by atoms with Crippen LogP contribution in [0.25, 0.3) is 0 Å². The minimum Gasteiger partial charge on any atom is -0.480 e. The van der Waals surface area contributed by atoms with E-state index in [0.29, 0.717) is 0 Å². The summed E-state index contributed by atoms with van der Waals surface area (Å²) >= 11 is 0. The Morgan fingerprint density at radius 2 is 1.92 bits per heavy atom. The summed E-state index contributed by atoms with van der Waals surface area (Å²) in [4.78, 5) is 9.12. The smallest absolute Gasteiger partial charge is 0.329 e. The number of hydrogen-bond donors (Lipinski definition) is 2. The van der Waals surface area contributed by atoms with E-state index in [-0.39, 0.29) is 0 Å². The molecule has 0 rings (SSSR count). The molecular weight excluding hydrogens is 168 g/mol. The van der Waals surface area contributed by atoms with Crippen LogP contribution in [0.2, 0.25) is 0 Å². The van der Waals surface area contributed by atoms with Crippen molar-refractivity contribution in [2.45, 2.75) is 39.0 Å². The fourth-order valence-electron chi connectivity index (χ4n) is 0.715. The molecule has 2 N–H and O–H groups in total. The highest BCUT2D eigenvalue weighted by molar-refractivity contribution is 5.67. The van der Waals surface area contributed by atoms with Gasteiger partial charge in [0.05, 0.1) is 0 Å². The molecule has 0 heterocycles. The Kier molecular flexibility index (Phi) is 15.5. The number of allylic oxidation sites excluding steroid dienone is 1. The predicted molar refractivity (Wildman–Crippen MR) is 53.7 cm³/mol. The lowest BCUT2D eigenvalue weighted by atomic mass is 10.2. The van der Waals surface area contributed by atoms with Crippen molar-refractivity contribution < 1.29 is 15.0 Å².